The van der Waals surface area contributed by atoms with Crippen LogP contribution in [-0.2, 0) is 5.41 Å². The van der Waals surface area contributed by atoms with E-state index in [1.807, 2.05) is 12.1 Å². The Hall–Kier alpha value is -0.930. The largest absolute Gasteiger partial charge is 0.314 e. The quantitative estimate of drug-likeness (QED) is 0.882. The highest BCUT2D eigenvalue weighted by Crippen LogP contribution is 2.45. The van der Waals surface area contributed by atoms with E-state index >= 15 is 0 Å². The molecule has 0 bridgehead atoms. The number of nitrogens with one attached hydrogen (secondary N) is 1. The highest BCUT2D eigenvalue weighted by molar-refractivity contribution is 5.30. The van der Waals surface area contributed by atoms with Crippen LogP contribution in [0.5, 0.6) is 0 Å². The van der Waals surface area contributed by atoms with Gasteiger partial charge in [0.1, 0.15) is 5.82 Å². The van der Waals surface area contributed by atoms with E-state index in [0.29, 0.717) is 0 Å². The summed E-state index contributed by atoms with van der Waals surface area (Å²) < 4.78 is 14.0. The van der Waals surface area contributed by atoms with Crippen molar-refractivity contribution in [1.82, 2.24) is 10.2 Å². The summed E-state index contributed by atoms with van der Waals surface area (Å²) in [4.78, 5) is 2.49. The number of rotatable bonds is 3. The van der Waals surface area contributed by atoms with Crippen molar-refractivity contribution in [2.45, 2.75) is 24.7 Å². The molecule has 1 aliphatic heterocycles. The molecule has 18 heavy (non-hydrogen) atoms. The Labute approximate surface area is 108 Å². The minimum Gasteiger partial charge on any atom is -0.314 e. The van der Waals surface area contributed by atoms with Gasteiger partial charge < -0.3 is 5.32 Å². The number of nitrogens with zero attached hydrogens (tertiary/aromatic N) is 1. The Morgan fingerprint density at radius 1 is 1.17 bits per heavy atom. The van der Waals surface area contributed by atoms with Gasteiger partial charge in [0.15, 0.2) is 0 Å². The summed E-state index contributed by atoms with van der Waals surface area (Å²) in [6.45, 7) is 5.34. The molecule has 0 atom stereocenters. The smallest absolute Gasteiger partial charge is 0.127 e. The molecule has 1 aromatic carbocycles. The van der Waals surface area contributed by atoms with E-state index in [-0.39, 0.29) is 11.2 Å². The van der Waals surface area contributed by atoms with Gasteiger partial charge in [-0.25, -0.2) is 4.39 Å². The predicted molar refractivity (Wildman–Crippen MR) is 71.2 cm³/mol. The van der Waals surface area contributed by atoms with E-state index in [4.69, 9.17) is 0 Å². The van der Waals surface area contributed by atoms with Crippen LogP contribution in [0.25, 0.3) is 0 Å². The molecular formula is C15H21FN2. The molecule has 2 aliphatic rings. The fraction of sp³-hybridized carbons (Fsp3) is 0.600. The molecule has 0 amide bonds. The molecule has 98 valence electrons. The zero-order valence-electron chi connectivity index (χ0n) is 10.8. The maximum absolute atomic E-state index is 14.0. The second kappa shape index (κ2) is 4.98. The van der Waals surface area contributed by atoms with E-state index in [1.165, 1.54) is 6.42 Å². The Morgan fingerprint density at radius 2 is 1.89 bits per heavy atom. The van der Waals surface area contributed by atoms with Gasteiger partial charge in [-0.1, -0.05) is 24.6 Å². The molecule has 0 aromatic heterocycles. The fourth-order valence-electron chi connectivity index (χ4n) is 3.30. The second-order valence-corrected chi connectivity index (χ2v) is 5.64. The van der Waals surface area contributed by atoms with Gasteiger partial charge in [0.25, 0.3) is 0 Å². The van der Waals surface area contributed by atoms with Crippen molar-refractivity contribution < 1.29 is 4.39 Å². The minimum absolute atomic E-state index is 0.0210. The third-order valence-corrected chi connectivity index (χ3v) is 4.49. The lowest BCUT2D eigenvalue weighted by molar-refractivity contribution is 0.125. The molecule has 0 radical (unpaired) electrons. The molecule has 1 aromatic rings. The van der Waals surface area contributed by atoms with Gasteiger partial charge in [-0.15, -0.1) is 0 Å². The fourth-order valence-corrected chi connectivity index (χ4v) is 3.30. The van der Waals surface area contributed by atoms with E-state index in [2.05, 4.69) is 10.2 Å². The Kier molecular flexibility index (Phi) is 3.35. The van der Waals surface area contributed by atoms with E-state index < -0.39 is 0 Å². The first-order valence-corrected chi connectivity index (χ1v) is 6.98. The van der Waals surface area contributed by atoms with E-state index in [1.54, 1.807) is 12.1 Å². The molecule has 1 saturated carbocycles. The lowest BCUT2D eigenvalue weighted by atomic mass is 9.64. The average molecular weight is 248 g/mol. The van der Waals surface area contributed by atoms with Crippen molar-refractivity contribution in [2.75, 3.05) is 32.7 Å². The van der Waals surface area contributed by atoms with Crippen LogP contribution in [0.2, 0.25) is 0 Å². The maximum Gasteiger partial charge on any atom is 0.127 e. The zero-order valence-corrected chi connectivity index (χ0v) is 10.8. The van der Waals surface area contributed by atoms with Crippen LogP contribution in [0, 0.1) is 5.82 Å². The predicted octanol–water partition coefficient (Wildman–Crippen LogP) is 2.15. The van der Waals surface area contributed by atoms with Gasteiger partial charge in [0.2, 0.25) is 0 Å². The van der Waals surface area contributed by atoms with Crippen molar-refractivity contribution in [3.8, 4) is 0 Å². The third kappa shape index (κ3) is 2.17. The molecule has 1 N–H and O–H groups in total. The van der Waals surface area contributed by atoms with Crippen LogP contribution in [0.4, 0.5) is 4.39 Å². The van der Waals surface area contributed by atoms with Gasteiger partial charge in [-0.3, -0.25) is 4.90 Å². The van der Waals surface area contributed by atoms with Gasteiger partial charge in [-0.05, 0) is 24.5 Å². The molecular weight excluding hydrogens is 227 g/mol. The molecule has 3 rings (SSSR count). The van der Waals surface area contributed by atoms with Crippen LogP contribution in [0.3, 0.4) is 0 Å². The summed E-state index contributed by atoms with van der Waals surface area (Å²) in [7, 11) is 0. The summed E-state index contributed by atoms with van der Waals surface area (Å²) in [6, 6.07) is 7.34. The molecule has 2 nitrogen and oxygen atoms in total. The van der Waals surface area contributed by atoms with E-state index in [0.717, 1.165) is 51.1 Å². The Morgan fingerprint density at radius 3 is 2.50 bits per heavy atom. The average Bonchev–Trinajstić information content (AvgIpc) is 2.36. The number of piperazine rings is 1. The van der Waals surface area contributed by atoms with Crippen molar-refractivity contribution >= 4 is 0 Å². The zero-order chi connectivity index (χ0) is 12.4. The molecule has 3 heteroatoms. The highest BCUT2D eigenvalue weighted by Gasteiger charge is 2.41. The van der Waals surface area contributed by atoms with Gasteiger partial charge in [-0.2, -0.15) is 0 Å². The lowest BCUT2D eigenvalue weighted by Gasteiger charge is -2.46. The van der Waals surface area contributed by atoms with Gasteiger partial charge in [0.05, 0.1) is 0 Å². The number of benzene rings is 1. The van der Waals surface area contributed by atoms with Crippen LogP contribution in [0.15, 0.2) is 24.3 Å². The number of hydrogen-bond acceptors (Lipinski definition) is 2. The monoisotopic (exact) mass is 248 g/mol. The standard InChI is InChI=1S/C15H21FN2/c16-14-5-2-1-4-13(14)15(6-3-7-15)12-18-10-8-17-9-11-18/h1-2,4-5,17H,3,6-12H2. The Bertz CT molecular complexity index is 409. The summed E-state index contributed by atoms with van der Waals surface area (Å²) in [5.41, 5.74) is 1.03. The molecule has 1 heterocycles. The van der Waals surface area contributed by atoms with Gasteiger partial charge >= 0.3 is 0 Å². The van der Waals surface area contributed by atoms with Crippen LogP contribution in [0.1, 0.15) is 24.8 Å². The third-order valence-electron chi connectivity index (χ3n) is 4.49. The number of halogens is 1. The minimum atomic E-state index is -0.0210. The van der Waals surface area contributed by atoms with Crippen molar-refractivity contribution in [3.63, 3.8) is 0 Å². The SMILES string of the molecule is Fc1ccccc1C1(CN2CCNCC2)CCC1. The summed E-state index contributed by atoms with van der Waals surface area (Å²) in [5.74, 6) is -0.0210. The first-order chi connectivity index (χ1) is 8.80. The lowest BCUT2D eigenvalue weighted by Crippen LogP contribution is -2.52. The summed E-state index contributed by atoms with van der Waals surface area (Å²) in [5, 5.41) is 3.37. The molecule has 1 aliphatic carbocycles. The van der Waals surface area contributed by atoms with Crippen LogP contribution in [-0.4, -0.2) is 37.6 Å². The Balaban J connectivity index is 1.79. The first-order valence-electron chi connectivity index (χ1n) is 6.98. The van der Waals surface area contributed by atoms with Gasteiger partial charge in [0, 0.05) is 38.1 Å². The summed E-state index contributed by atoms with van der Waals surface area (Å²) in [6.07, 6.45) is 3.51. The highest BCUT2D eigenvalue weighted by atomic mass is 19.1. The molecule has 0 spiro atoms. The normalized spacial score (nSPS) is 23.6. The van der Waals surface area contributed by atoms with Crippen LogP contribution < -0.4 is 5.32 Å². The molecule has 2 fully saturated rings. The number of hydrogen-bond donors (Lipinski definition) is 1. The maximum atomic E-state index is 14.0. The molecule has 0 unspecified atom stereocenters. The van der Waals surface area contributed by atoms with Crippen LogP contribution >= 0.6 is 0 Å². The van der Waals surface area contributed by atoms with Crippen molar-refractivity contribution in [2.24, 2.45) is 0 Å². The second-order valence-electron chi connectivity index (χ2n) is 5.64. The van der Waals surface area contributed by atoms with Crippen molar-refractivity contribution in [3.05, 3.63) is 35.6 Å². The topological polar surface area (TPSA) is 15.3 Å². The molecule has 1 saturated heterocycles. The first kappa shape index (κ1) is 12.1. The summed E-state index contributed by atoms with van der Waals surface area (Å²) >= 11 is 0. The van der Waals surface area contributed by atoms with Crippen molar-refractivity contribution in [1.29, 1.82) is 0 Å². The van der Waals surface area contributed by atoms with E-state index in [9.17, 15) is 4.39 Å².